The lowest BCUT2D eigenvalue weighted by molar-refractivity contribution is -0.724. The molecule has 0 bridgehead atoms. The summed E-state index contributed by atoms with van der Waals surface area (Å²) in [6.07, 6.45) is 4.12. The van der Waals surface area contributed by atoms with Crippen LogP contribution in [0.15, 0.2) is 24.3 Å². The van der Waals surface area contributed by atoms with Gasteiger partial charge >= 0.3 is 0 Å². The van der Waals surface area contributed by atoms with E-state index >= 15 is 0 Å². The van der Waals surface area contributed by atoms with Gasteiger partial charge in [0.25, 0.3) is 5.69 Å². The summed E-state index contributed by atoms with van der Waals surface area (Å²) in [4.78, 5) is 5.56. The number of nitrogens with zero attached hydrogens (tertiary/aromatic N) is 1. The molecule has 0 unspecified atom stereocenters. The first kappa shape index (κ1) is 11.5. The van der Waals surface area contributed by atoms with Gasteiger partial charge in [-0.15, -0.1) is 0 Å². The van der Waals surface area contributed by atoms with E-state index in [1.165, 1.54) is 11.3 Å². The van der Waals surface area contributed by atoms with E-state index in [9.17, 15) is 0 Å². The fraction of sp³-hybridized carbons (Fsp3) is 0.364. The van der Waals surface area contributed by atoms with Crippen LogP contribution in [-0.2, 0) is 11.3 Å². The molecule has 0 N–H and O–H groups in total. The Morgan fingerprint density at radius 3 is 2.93 bits per heavy atom. The summed E-state index contributed by atoms with van der Waals surface area (Å²) in [5, 5.41) is 0. The van der Waals surface area contributed by atoms with Crippen molar-refractivity contribution in [3.8, 4) is 0 Å². The first-order valence-corrected chi connectivity index (χ1v) is 4.75. The maximum Gasteiger partial charge on any atom is 0.260 e. The van der Waals surface area contributed by atoms with Gasteiger partial charge in [-0.2, -0.15) is 0 Å². The standard InChI is InChI=1S/C11H14NO.HI/c1-2-9-13-12-8-7-10-5-3-4-6-11(10)12;/h3-6,8H,2,7,9H2,1H3;1H/q+1;/p-1. The number of fused-ring (bicyclic) bond motifs is 1. The molecule has 0 spiro atoms. The second-order valence-corrected chi connectivity index (χ2v) is 3.17. The summed E-state index contributed by atoms with van der Waals surface area (Å²) >= 11 is 0. The first-order valence-electron chi connectivity index (χ1n) is 4.75. The largest absolute Gasteiger partial charge is 1.00 e. The van der Waals surface area contributed by atoms with Gasteiger partial charge in [0.1, 0.15) is 0 Å². The zero-order valence-corrected chi connectivity index (χ0v) is 10.4. The predicted octanol–water partition coefficient (Wildman–Crippen LogP) is -0.697. The van der Waals surface area contributed by atoms with Crippen molar-refractivity contribution in [3.05, 3.63) is 29.8 Å². The van der Waals surface area contributed by atoms with Gasteiger partial charge in [-0.3, -0.25) is 4.84 Å². The zero-order chi connectivity index (χ0) is 9.10. The fourth-order valence-corrected chi connectivity index (χ4v) is 1.49. The Morgan fingerprint density at radius 2 is 2.14 bits per heavy atom. The fourth-order valence-electron chi connectivity index (χ4n) is 1.49. The summed E-state index contributed by atoms with van der Waals surface area (Å²) in [7, 11) is 0. The van der Waals surface area contributed by atoms with Crippen LogP contribution in [0.2, 0.25) is 0 Å². The lowest BCUT2D eigenvalue weighted by Gasteiger charge is -1.98. The highest BCUT2D eigenvalue weighted by molar-refractivity contribution is 5.66. The molecule has 0 amide bonds. The van der Waals surface area contributed by atoms with Crippen molar-refractivity contribution in [2.75, 3.05) is 6.61 Å². The van der Waals surface area contributed by atoms with Crippen molar-refractivity contribution in [2.24, 2.45) is 0 Å². The Kier molecular flexibility index (Phi) is 4.38. The maximum atomic E-state index is 5.56. The molecule has 76 valence electrons. The van der Waals surface area contributed by atoms with Crippen molar-refractivity contribution in [1.29, 1.82) is 0 Å². The summed E-state index contributed by atoms with van der Waals surface area (Å²) in [6.45, 7) is 2.90. The third-order valence-corrected chi connectivity index (χ3v) is 2.14. The normalized spacial score (nSPS) is 12.8. The molecule has 1 aliphatic heterocycles. The van der Waals surface area contributed by atoms with Crippen LogP contribution in [0.4, 0.5) is 5.69 Å². The van der Waals surface area contributed by atoms with Crippen LogP contribution in [0, 0.1) is 0 Å². The highest BCUT2D eigenvalue weighted by Gasteiger charge is 2.22. The van der Waals surface area contributed by atoms with Gasteiger partial charge in [0.2, 0.25) is 6.21 Å². The maximum absolute atomic E-state index is 5.56. The van der Waals surface area contributed by atoms with Gasteiger partial charge in [0.15, 0.2) is 6.61 Å². The number of hydrogen-bond acceptors (Lipinski definition) is 1. The molecule has 1 aliphatic rings. The molecule has 1 aromatic carbocycles. The summed E-state index contributed by atoms with van der Waals surface area (Å²) in [5.74, 6) is 0. The van der Waals surface area contributed by atoms with Crippen molar-refractivity contribution in [1.82, 2.24) is 0 Å². The van der Waals surface area contributed by atoms with E-state index < -0.39 is 0 Å². The van der Waals surface area contributed by atoms with Crippen LogP contribution in [-0.4, -0.2) is 17.6 Å². The molecule has 0 radical (unpaired) electrons. The number of halogens is 1. The van der Waals surface area contributed by atoms with E-state index in [4.69, 9.17) is 4.84 Å². The van der Waals surface area contributed by atoms with Crippen LogP contribution in [0.1, 0.15) is 18.9 Å². The smallest absolute Gasteiger partial charge is 0.260 e. The molecule has 2 rings (SSSR count). The second kappa shape index (κ2) is 5.34. The van der Waals surface area contributed by atoms with Crippen LogP contribution >= 0.6 is 0 Å². The van der Waals surface area contributed by atoms with Crippen molar-refractivity contribution < 1.29 is 33.6 Å². The summed E-state index contributed by atoms with van der Waals surface area (Å²) in [5.41, 5.74) is 2.54. The van der Waals surface area contributed by atoms with Crippen LogP contribution in [0.5, 0.6) is 0 Å². The third kappa shape index (κ3) is 2.26. The molecule has 1 heterocycles. The Bertz CT molecular complexity index is 336. The molecule has 0 atom stereocenters. The number of para-hydroxylation sites is 1. The highest BCUT2D eigenvalue weighted by atomic mass is 127. The van der Waals surface area contributed by atoms with Crippen LogP contribution < -0.4 is 24.0 Å². The van der Waals surface area contributed by atoms with Gasteiger partial charge < -0.3 is 24.0 Å². The highest BCUT2D eigenvalue weighted by Crippen LogP contribution is 2.22. The Morgan fingerprint density at radius 1 is 1.36 bits per heavy atom. The number of benzene rings is 1. The average Bonchev–Trinajstić information content (AvgIpc) is 2.58. The molecule has 3 heteroatoms. The van der Waals surface area contributed by atoms with Crippen LogP contribution in [0.3, 0.4) is 0 Å². The number of hydrogen-bond donors (Lipinski definition) is 0. The van der Waals surface area contributed by atoms with Crippen LogP contribution in [0.25, 0.3) is 0 Å². The quantitative estimate of drug-likeness (QED) is 0.531. The van der Waals surface area contributed by atoms with E-state index in [-0.39, 0.29) is 24.0 Å². The molecule has 0 fully saturated rings. The molecule has 0 aromatic heterocycles. The molecule has 1 aromatic rings. The molecule has 0 saturated carbocycles. The SMILES string of the molecule is CCCO[N+]1=CCc2ccccc21.[I-]. The van der Waals surface area contributed by atoms with Gasteiger partial charge in [0, 0.05) is 16.4 Å². The first-order chi connectivity index (χ1) is 6.42. The minimum Gasteiger partial charge on any atom is -1.00 e. The summed E-state index contributed by atoms with van der Waals surface area (Å²) in [6, 6.07) is 8.34. The van der Waals surface area contributed by atoms with Gasteiger partial charge in [-0.05, 0) is 6.42 Å². The Labute approximate surface area is 102 Å². The third-order valence-electron chi connectivity index (χ3n) is 2.14. The van der Waals surface area contributed by atoms with Crippen molar-refractivity contribution in [3.63, 3.8) is 0 Å². The topological polar surface area (TPSA) is 12.2 Å². The van der Waals surface area contributed by atoms with Crippen molar-refractivity contribution in [2.45, 2.75) is 19.8 Å². The summed E-state index contributed by atoms with van der Waals surface area (Å²) < 4.78 is 1.89. The van der Waals surface area contributed by atoms with E-state index in [2.05, 4.69) is 31.3 Å². The van der Waals surface area contributed by atoms with Gasteiger partial charge in [-0.25, -0.2) is 0 Å². The average molecular weight is 303 g/mol. The van der Waals surface area contributed by atoms with Gasteiger partial charge in [-0.1, -0.05) is 25.1 Å². The predicted molar refractivity (Wildman–Crippen MR) is 52.4 cm³/mol. The molecular weight excluding hydrogens is 289 g/mol. The van der Waals surface area contributed by atoms with E-state index in [1.807, 2.05) is 10.8 Å². The molecular formula is C11H14INO. The van der Waals surface area contributed by atoms with E-state index in [0.717, 1.165) is 19.4 Å². The number of rotatable bonds is 3. The lowest BCUT2D eigenvalue weighted by Crippen LogP contribution is -3.00. The molecule has 14 heavy (non-hydrogen) atoms. The molecule has 2 nitrogen and oxygen atoms in total. The Balaban J connectivity index is 0.000000980. The zero-order valence-electron chi connectivity index (χ0n) is 8.24. The van der Waals surface area contributed by atoms with Gasteiger partial charge in [0.05, 0.1) is 6.42 Å². The lowest BCUT2D eigenvalue weighted by atomic mass is 10.2. The van der Waals surface area contributed by atoms with E-state index in [1.54, 1.807) is 0 Å². The molecule has 0 saturated heterocycles. The van der Waals surface area contributed by atoms with E-state index in [0.29, 0.717) is 0 Å². The monoisotopic (exact) mass is 303 g/mol. The Hall–Kier alpha value is -0.580. The minimum atomic E-state index is 0. The molecule has 0 aliphatic carbocycles. The second-order valence-electron chi connectivity index (χ2n) is 3.17. The minimum absolute atomic E-state index is 0. The van der Waals surface area contributed by atoms with Crippen molar-refractivity contribution >= 4 is 11.9 Å².